The molecule has 0 saturated heterocycles. The Morgan fingerprint density at radius 2 is 2.50 bits per heavy atom. The summed E-state index contributed by atoms with van der Waals surface area (Å²) >= 11 is 0. The lowest BCUT2D eigenvalue weighted by Gasteiger charge is -2.08. The van der Waals surface area contributed by atoms with Crippen molar-refractivity contribution in [3.63, 3.8) is 0 Å². The molecule has 0 aliphatic heterocycles. The zero-order valence-electron chi connectivity index (χ0n) is 6.34. The van der Waals surface area contributed by atoms with Gasteiger partial charge in [-0.15, -0.1) is 0 Å². The molecule has 0 aromatic carbocycles. The second kappa shape index (κ2) is 3.15. The van der Waals surface area contributed by atoms with Crippen molar-refractivity contribution in [1.82, 2.24) is 0 Å². The molecule has 0 amide bonds. The van der Waals surface area contributed by atoms with Gasteiger partial charge < -0.3 is 5.11 Å². The summed E-state index contributed by atoms with van der Waals surface area (Å²) in [5.74, 6) is 0.832. The third kappa shape index (κ3) is 2.10. The highest BCUT2D eigenvalue weighted by Crippen LogP contribution is 2.25. The van der Waals surface area contributed by atoms with Gasteiger partial charge in [0.25, 0.3) is 0 Å². The molecule has 0 spiro atoms. The van der Waals surface area contributed by atoms with E-state index in [4.69, 9.17) is 5.11 Å². The Bertz CT molecular complexity index is 129. The van der Waals surface area contributed by atoms with Gasteiger partial charge in [0.15, 0.2) is 0 Å². The summed E-state index contributed by atoms with van der Waals surface area (Å²) < 4.78 is 0. The Balaban J connectivity index is 2.24. The molecule has 0 aromatic heterocycles. The first-order valence-corrected chi connectivity index (χ1v) is 3.88. The maximum absolute atomic E-state index is 10.8. The van der Waals surface area contributed by atoms with Crippen LogP contribution < -0.4 is 0 Å². The molecule has 1 aliphatic carbocycles. The van der Waals surface area contributed by atoms with Crippen LogP contribution in [0.2, 0.25) is 0 Å². The molecule has 10 heavy (non-hydrogen) atoms. The van der Waals surface area contributed by atoms with Gasteiger partial charge in [-0.3, -0.25) is 4.79 Å². The Hall–Kier alpha value is -0.370. The van der Waals surface area contributed by atoms with Crippen LogP contribution >= 0.6 is 0 Å². The number of carbonyl (C=O) groups is 1. The lowest BCUT2D eigenvalue weighted by atomic mass is 10.0. The fraction of sp³-hybridized carbons (Fsp3) is 0.875. The van der Waals surface area contributed by atoms with E-state index in [1.54, 1.807) is 6.92 Å². The third-order valence-electron chi connectivity index (χ3n) is 2.02. The second-order valence-corrected chi connectivity index (χ2v) is 3.23. The minimum atomic E-state index is -0.240. The lowest BCUT2D eigenvalue weighted by Crippen LogP contribution is -2.07. The number of hydrogen-bond donors (Lipinski definition) is 1. The largest absolute Gasteiger partial charge is 0.393 e. The van der Waals surface area contributed by atoms with Gasteiger partial charge in [0.05, 0.1) is 6.10 Å². The summed E-state index contributed by atoms with van der Waals surface area (Å²) in [6, 6.07) is 0. The van der Waals surface area contributed by atoms with Gasteiger partial charge in [-0.05, 0) is 25.7 Å². The van der Waals surface area contributed by atoms with Crippen LogP contribution in [-0.4, -0.2) is 17.0 Å². The molecule has 58 valence electrons. The first kappa shape index (κ1) is 7.73. The number of ketones is 1. The summed E-state index contributed by atoms with van der Waals surface area (Å²) in [6.45, 7) is 1.78. The van der Waals surface area contributed by atoms with Gasteiger partial charge in [-0.1, -0.05) is 0 Å². The minimum Gasteiger partial charge on any atom is -0.393 e. The average molecular weight is 142 g/mol. The predicted octanol–water partition coefficient (Wildman–Crippen LogP) is 1.13. The highest BCUT2D eigenvalue weighted by molar-refractivity contribution is 5.80. The van der Waals surface area contributed by atoms with Gasteiger partial charge in [-0.2, -0.15) is 0 Å². The molecule has 0 aromatic rings. The van der Waals surface area contributed by atoms with Crippen molar-refractivity contribution in [2.75, 3.05) is 0 Å². The monoisotopic (exact) mass is 142 g/mol. The van der Waals surface area contributed by atoms with E-state index in [9.17, 15) is 4.79 Å². The number of rotatable bonds is 2. The number of carbonyl (C=O) groups excluding carboxylic acids is 1. The van der Waals surface area contributed by atoms with E-state index in [1.807, 2.05) is 0 Å². The highest BCUT2D eigenvalue weighted by Gasteiger charge is 2.22. The number of hydrogen-bond acceptors (Lipinski definition) is 2. The summed E-state index contributed by atoms with van der Waals surface area (Å²) in [5.41, 5.74) is 0. The SMILES string of the molecule is CC(O)CC1CCC(=O)C1. The van der Waals surface area contributed by atoms with E-state index >= 15 is 0 Å². The molecular formula is C8H14O2. The molecule has 1 fully saturated rings. The van der Waals surface area contributed by atoms with Gasteiger partial charge in [0.2, 0.25) is 0 Å². The number of aliphatic hydroxyl groups excluding tert-OH is 1. The Morgan fingerprint density at radius 3 is 2.90 bits per heavy atom. The summed E-state index contributed by atoms with van der Waals surface area (Å²) in [7, 11) is 0. The van der Waals surface area contributed by atoms with Crippen LogP contribution in [0.3, 0.4) is 0 Å². The Labute approximate surface area is 61.2 Å². The molecule has 1 N–H and O–H groups in total. The van der Waals surface area contributed by atoms with E-state index < -0.39 is 0 Å². The van der Waals surface area contributed by atoms with Crippen molar-refractivity contribution in [1.29, 1.82) is 0 Å². The fourth-order valence-electron chi connectivity index (χ4n) is 1.57. The normalized spacial score (nSPS) is 29.0. The number of aliphatic hydroxyl groups is 1. The predicted molar refractivity (Wildman–Crippen MR) is 38.6 cm³/mol. The third-order valence-corrected chi connectivity index (χ3v) is 2.02. The van der Waals surface area contributed by atoms with Crippen LogP contribution in [0, 0.1) is 5.92 Å². The number of Topliss-reactive ketones (excluding diaryl/α,β-unsaturated/α-hetero) is 1. The Kier molecular flexibility index (Phi) is 2.44. The maximum atomic E-state index is 10.8. The van der Waals surface area contributed by atoms with Gasteiger partial charge in [-0.25, -0.2) is 0 Å². The molecule has 2 heteroatoms. The summed E-state index contributed by atoms with van der Waals surface area (Å²) in [5, 5.41) is 8.99. The molecular weight excluding hydrogens is 128 g/mol. The first-order valence-electron chi connectivity index (χ1n) is 3.88. The molecule has 0 bridgehead atoms. The zero-order chi connectivity index (χ0) is 7.56. The molecule has 1 saturated carbocycles. The van der Waals surface area contributed by atoms with Crippen molar-refractivity contribution < 1.29 is 9.90 Å². The topological polar surface area (TPSA) is 37.3 Å². The smallest absolute Gasteiger partial charge is 0.133 e. The quantitative estimate of drug-likeness (QED) is 0.627. The van der Waals surface area contributed by atoms with Crippen molar-refractivity contribution in [2.24, 2.45) is 5.92 Å². The van der Waals surface area contributed by atoms with Gasteiger partial charge in [0.1, 0.15) is 5.78 Å². The van der Waals surface area contributed by atoms with E-state index in [-0.39, 0.29) is 6.10 Å². The van der Waals surface area contributed by atoms with Crippen LogP contribution in [0.5, 0.6) is 0 Å². The first-order chi connectivity index (χ1) is 4.68. The van der Waals surface area contributed by atoms with Crippen LogP contribution in [0.4, 0.5) is 0 Å². The van der Waals surface area contributed by atoms with E-state index in [2.05, 4.69) is 0 Å². The molecule has 2 unspecified atom stereocenters. The van der Waals surface area contributed by atoms with Crippen LogP contribution in [0.25, 0.3) is 0 Å². The zero-order valence-corrected chi connectivity index (χ0v) is 6.34. The Morgan fingerprint density at radius 1 is 1.80 bits per heavy atom. The second-order valence-electron chi connectivity index (χ2n) is 3.23. The van der Waals surface area contributed by atoms with Crippen molar-refractivity contribution in [3.05, 3.63) is 0 Å². The average Bonchev–Trinajstić information content (AvgIpc) is 2.13. The molecule has 2 atom stereocenters. The lowest BCUT2D eigenvalue weighted by molar-refractivity contribution is -0.117. The molecule has 0 radical (unpaired) electrons. The highest BCUT2D eigenvalue weighted by atomic mass is 16.3. The molecule has 1 aliphatic rings. The van der Waals surface area contributed by atoms with Crippen LogP contribution in [0.15, 0.2) is 0 Å². The maximum Gasteiger partial charge on any atom is 0.133 e. The molecule has 2 nitrogen and oxygen atoms in total. The van der Waals surface area contributed by atoms with Crippen molar-refractivity contribution >= 4 is 5.78 Å². The van der Waals surface area contributed by atoms with Crippen molar-refractivity contribution in [2.45, 2.75) is 38.7 Å². The molecule has 1 rings (SSSR count). The van der Waals surface area contributed by atoms with E-state index in [1.165, 1.54) is 0 Å². The fourth-order valence-corrected chi connectivity index (χ4v) is 1.57. The van der Waals surface area contributed by atoms with Crippen LogP contribution in [0.1, 0.15) is 32.6 Å². The van der Waals surface area contributed by atoms with Crippen LogP contribution in [-0.2, 0) is 4.79 Å². The van der Waals surface area contributed by atoms with Gasteiger partial charge >= 0.3 is 0 Å². The van der Waals surface area contributed by atoms with E-state index in [0.717, 1.165) is 19.3 Å². The van der Waals surface area contributed by atoms with Gasteiger partial charge in [0, 0.05) is 12.8 Å². The minimum absolute atomic E-state index is 0.240. The summed E-state index contributed by atoms with van der Waals surface area (Å²) in [6.07, 6.45) is 2.98. The standard InChI is InChI=1S/C8H14O2/c1-6(9)4-7-2-3-8(10)5-7/h6-7,9H,2-5H2,1H3. The van der Waals surface area contributed by atoms with Crippen molar-refractivity contribution in [3.8, 4) is 0 Å². The summed E-state index contributed by atoms with van der Waals surface area (Å²) in [4.78, 5) is 10.8. The van der Waals surface area contributed by atoms with E-state index in [0.29, 0.717) is 18.1 Å². The molecule has 0 heterocycles.